The van der Waals surface area contributed by atoms with Crippen LogP contribution in [0.1, 0.15) is 34.4 Å². The van der Waals surface area contributed by atoms with Gasteiger partial charge in [-0.05, 0) is 39.0 Å². The van der Waals surface area contributed by atoms with Gasteiger partial charge in [-0.15, -0.1) is 0 Å². The SMILES string of the molecule is Cc1cc(C(C)(O)CNC(=O)c2cccnc2)c(C)o1. The van der Waals surface area contributed by atoms with E-state index in [0.717, 1.165) is 5.76 Å². The Morgan fingerprint density at radius 1 is 1.50 bits per heavy atom. The Labute approximate surface area is 117 Å². The third-order valence-corrected chi connectivity index (χ3v) is 3.14. The van der Waals surface area contributed by atoms with E-state index in [1.807, 2.05) is 6.92 Å². The fourth-order valence-electron chi connectivity index (χ4n) is 2.11. The molecule has 20 heavy (non-hydrogen) atoms. The largest absolute Gasteiger partial charge is 0.466 e. The van der Waals surface area contributed by atoms with E-state index in [-0.39, 0.29) is 12.5 Å². The van der Waals surface area contributed by atoms with Crippen LogP contribution in [0.4, 0.5) is 0 Å². The van der Waals surface area contributed by atoms with Gasteiger partial charge < -0.3 is 14.8 Å². The topological polar surface area (TPSA) is 75.4 Å². The normalized spacial score (nSPS) is 13.8. The highest BCUT2D eigenvalue weighted by Crippen LogP contribution is 2.26. The summed E-state index contributed by atoms with van der Waals surface area (Å²) in [4.78, 5) is 15.8. The number of aromatic nitrogens is 1. The summed E-state index contributed by atoms with van der Waals surface area (Å²) in [7, 11) is 0. The molecule has 0 radical (unpaired) electrons. The number of carbonyl (C=O) groups is 1. The zero-order chi connectivity index (χ0) is 14.8. The van der Waals surface area contributed by atoms with Gasteiger partial charge in [0.05, 0.1) is 12.1 Å². The zero-order valence-electron chi connectivity index (χ0n) is 11.8. The average molecular weight is 274 g/mol. The molecular weight excluding hydrogens is 256 g/mol. The second-order valence-electron chi connectivity index (χ2n) is 5.03. The highest BCUT2D eigenvalue weighted by atomic mass is 16.3. The van der Waals surface area contributed by atoms with E-state index >= 15 is 0 Å². The zero-order valence-corrected chi connectivity index (χ0v) is 11.8. The van der Waals surface area contributed by atoms with Crippen LogP contribution in [0, 0.1) is 13.8 Å². The summed E-state index contributed by atoms with van der Waals surface area (Å²) in [6, 6.07) is 5.15. The van der Waals surface area contributed by atoms with Gasteiger partial charge in [-0.25, -0.2) is 0 Å². The molecule has 0 aliphatic rings. The Kier molecular flexibility index (Phi) is 3.90. The van der Waals surface area contributed by atoms with E-state index in [1.54, 1.807) is 38.2 Å². The van der Waals surface area contributed by atoms with E-state index < -0.39 is 5.60 Å². The maximum atomic E-state index is 11.9. The highest BCUT2D eigenvalue weighted by Gasteiger charge is 2.28. The van der Waals surface area contributed by atoms with Crippen molar-refractivity contribution >= 4 is 5.91 Å². The summed E-state index contributed by atoms with van der Waals surface area (Å²) in [5, 5.41) is 13.2. The summed E-state index contributed by atoms with van der Waals surface area (Å²) >= 11 is 0. The van der Waals surface area contributed by atoms with Crippen LogP contribution >= 0.6 is 0 Å². The molecule has 2 aromatic rings. The maximum Gasteiger partial charge on any atom is 0.252 e. The second kappa shape index (κ2) is 5.46. The first kappa shape index (κ1) is 14.3. The molecule has 1 unspecified atom stereocenters. The van der Waals surface area contributed by atoms with Gasteiger partial charge in [-0.3, -0.25) is 9.78 Å². The van der Waals surface area contributed by atoms with Crippen molar-refractivity contribution in [3.05, 3.63) is 53.2 Å². The molecule has 0 bridgehead atoms. The number of aliphatic hydroxyl groups is 1. The van der Waals surface area contributed by atoms with Crippen molar-refractivity contribution in [3.8, 4) is 0 Å². The van der Waals surface area contributed by atoms with E-state index in [4.69, 9.17) is 4.42 Å². The first-order valence-corrected chi connectivity index (χ1v) is 6.38. The van der Waals surface area contributed by atoms with Gasteiger partial charge in [0.15, 0.2) is 0 Å². The van der Waals surface area contributed by atoms with Crippen molar-refractivity contribution in [2.45, 2.75) is 26.4 Å². The van der Waals surface area contributed by atoms with Crippen LogP contribution in [0.5, 0.6) is 0 Å². The minimum atomic E-state index is -1.18. The van der Waals surface area contributed by atoms with Gasteiger partial charge in [0.25, 0.3) is 5.91 Å². The third kappa shape index (κ3) is 3.05. The summed E-state index contributed by atoms with van der Waals surface area (Å²) in [5.41, 5.74) is -0.0374. The molecule has 0 fully saturated rings. The lowest BCUT2D eigenvalue weighted by molar-refractivity contribution is 0.0514. The van der Waals surface area contributed by atoms with Crippen LogP contribution in [0.15, 0.2) is 35.0 Å². The van der Waals surface area contributed by atoms with Crippen LogP contribution in [0.25, 0.3) is 0 Å². The Balaban J connectivity index is 2.06. The van der Waals surface area contributed by atoms with Gasteiger partial charge in [0.2, 0.25) is 0 Å². The Morgan fingerprint density at radius 3 is 2.80 bits per heavy atom. The maximum absolute atomic E-state index is 11.9. The van der Waals surface area contributed by atoms with Gasteiger partial charge in [-0.1, -0.05) is 0 Å². The molecule has 0 spiro atoms. The molecular formula is C15H18N2O3. The quantitative estimate of drug-likeness (QED) is 0.893. The van der Waals surface area contributed by atoms with Gasteiger partial charge in [0.1, 0.15) is 17.1 Å². The predicted molar refractivity (Wildman–Crippen MR) is 74.3 cm³/mol. The Hall–Kier alpha value is -2.14. The van der Waals surface area contributed by atoms with Crippen molar-refractivity contribution in [2.75, 3.05) is 6.54 Å². The summed E-state index contributed by atoms with van der Waals surface area (Å²) < 4.78 is 5.41. The monoisotopic (exact) mass is 274 g/mol. The standard InChI is InChI=1S/C15H18N2O3/c1-10-7-13(11(2)20-10)15(3,19)9-17-14(18)12-5-4-6-16-8-12/h4-8,19H,9H2,1-3H3,(H,17,18). The lowest BCUT2D eigenvalue weighted by atomic mass is 9.96. The van der Waals surface area contributed by atoms with Crippen molar-refractivity contribution < 1.29 is 14.3 Å². The average Bonchev–Trinajstić information content (AvgIpc) is 2.77. The van der Waals surface area contributed by atoms with Crippen molar-refractivity contribution in [3.63, 3.8) is 0 Å². The molecule has 0 aliphatic heterocycles. The number of aryl methyl sites for hydroxylation is 2. The second-order valence-corrected chi connectivity index (χ2v) is 5.03. The number of furan rings is 1. The van der Waals surface area contributed by atoms with E-state index in [0.29, 0.717) is 16.9 Å². The number of amides is 1. The van der Waals surface area contributed by atoms with E-state index in [2.05, 4.69) is 10.3 Å². The smallest absolute Gasteiger partial charge is 0.252 e. The van der Waals surface area contributed by atoms with Crippen LogP contribution in [-0.2, 0) is 5.60 Å². The predicted octanol–water partition coefficient (Wildman–Crippen LogP) is 1.93. The summed E-state index contributed by atoms with van der Waals surface area (Å²) in [5.74, 6) is 1.12. The molecule has 2 heterocycles. The number of nitrogens with one attached hydrogen (secondary N) is 1. The minimum Gasteiger partial charge on any atom is -0.466 e. The molecule has 1 atom stereocenters. The fourth-order valence-corrected chi connectivity index (χ4v) is 2.11. The van der Waals surface area contributed by atoms with Crippen LogP contribution < -0.4 is 5.32 Å². The molecule has 0 saturated heterocycles. The molecule has 0 aromatic carbocycles. The molecule has 1 amide bonds. The molecule has 5 nitrogen and oxygen atoms in total. The molecule has 2 rings (SSSR count). The van der Waals surface area contributed by atoms with E-state index in [1.165, 1.54) is 6.20 Å². The first-order valence-electron chi connectivity index (χ1n) is 6.38. The lowest BCUT2D eigenvalue weighted by Crippen LogP contribution is -2.38. The molecule has 5 heteroatoms. The number of carbonyl (C=O) groups excluding carboxylic acids is 1. The number of pyridine rings is 1. The third-order valence-electron chi connectivity index (χ3n) is 3.14. The Bertz CT molecular complexity index is 603. The lowest BCUT2D eigenvalue weighted by Gasteiger charge is -2.23. The molecule has 0 aliphatic carbocycles. The molecule has 2 aromatic heterocycles. The van der Waals surface area contributed by atoms with Crippen molar-refractivity contribution in [2.24, 2.45) is 0 Å². The number of hydrogen-bond donors (Lipinski definition) is 2. The number of hydrogen-bond acceptors (Lipinski definition) is 4. The highest BCUT2D eigenvalue weighted by molar-refractivity contribution is 5.93. The molecule has 2 N–H and O–H groups in total. The van der Waals surface area contributed by atoms with E-state index in [9.17, 15) is 9.90 Å². The number of rotatable bonds is 4. The van der Waals surface area contributed by atoms with Crippen LogP contribution in [0.3, 0.4) is 0 Å². The van der Waals surface area contributed by atoms with Gasteiger partial charge in [0, 0.05) is 18.0 Å². The van der Waals surface area contributed by atoms with Gasteiger partial charge >= 0.3 is 0 Å². The summed E-state index contributed by atoms with van der Waals surface area (Å²) in [6.45, 7) is 5.36. The van der Waals surface area contributed by atoms with Crippen LogP contribution in [0.2, 0.25) is 0 Å². The van der Waals surface area contributed by atoms with Gasteiger partial charge in [-0.2, -0.15) is 0 Å². The van der Waals surface area contributed by atoms with Crippen molar-refractivity contribution in [1.82, 2.24) is 10.3 Å². The van der Waals surface area contributed by atoms with Crippen LogP contribution in [-0.4, -0.2) is 22.5 Å². The number of nitrogens with zero attached hydrogens (tertiary/aromatic N) is 1. The summed E-state index contributed by atoms with van der Waals surface area (Å²) in [6.07, 6.45) is 3.09. The molecule has 0 saturated carbocycles. The Morgan fingerprint density at radius 2 is 2.25 bits per heavy atom. The minimum absolute atomic E-state index is 0.0978. The van der Waals surface area contributed by atoms with Crippen molar-refractivity contribution in [1.29, 1.82) is 0 Å². The molecule has 106 valence electrons. The fraction of sp³-hybridized carbons (Fsp3) is 0.333. The first-order chi connectivity index (χ1) is 9.40.